The van der Waals surface area contributed by atoms with E-state index < -0.39 is 6.03 Å². The second kappa shape index (κ2) is 5.95. The van der Waals surface area contributed by atoms with Crippen LogP contribution in [0, 0.1) is 0 Å². The summed E-state index contributed by atoms with van der Waals surface area (Å²) in [4.78, 5) is 10.4. The van der Waals surface area contributed by atoms with Crippen LogP contribution in [0.25, 0.3) is 0 Å². The van der Waals surface area contributed by atoms with Crippen LogP contribution in [0.15, 0.2) is 17.2 Å². The molecule has 17 heavy (non-hydrogen) atoms. The van der Waals surface area contributed by atoms with Crippen molar-refractivity contribution >= 4 is 23.8 Å². The van der Waals surface area contributed by atoms with Crippen LogP contribution in [-0.4, -0.2) is 24.0 Å². The number of carbonyl (C=O) groups excluding carboxylic acids is 1. The van der Waals surface area contributed by atoms with E-state index in [4.69, 9.17) is 22.1 Å². The Hall–Kier alpha value is -1.95. The second-order valence-corrected chi connectivity index (χ2v) is 3.42. The summed E-state index contributed by atoms with van der Waals surface area (Å²) >= 11 is 5.87. The van der Waals surface area contributed by atoms with Gasteiger partial charge >= 0.3 is 6.03 Å². The van der Waals surface area contributed by atoms with Gasteiger partial charge in [0.25, 0.3) is 0 Å². The van der Waals surface area contributed by atoms with E-state index in [1.54, 1.807) is 6.92 Å². The summed E-state index contributed by atoms with van der Waals surface area (Å²) in [6, 6.07) is 2.06. The first kappa shape index (κ1) is 13.1. The van der Waals surface area contributed by atoms with Gasteiger partial charge in [-0.05, 0) is 13.0 Å². The largest absolute Gasteiger partial charge is 0.504 e. The number of benzene rings is 1. The van der Waals surface area contributed by atoms with Gasteiger partial charge in [0.2, 0.25) is 0 Å². The van der Waals surface area contributed by atoms with Crippen molar-refractivity contribution < 1.29 is 14.6 Å². The predicted octanol–water partition coefficient (Wildman–Crippen LogP) is 1.45. The number of urea groups is 1. The van der Waals surface area contributed by atoms with E-state index in [1.807, 2.05) is 5.43 Å². The van der Waals surface area contributed by atoms with Crippen molar-refractivity contribution in [2.24, 2.45) is 10.8 Å². The van der Waals surface area contributed by atoms with Crippen LogP contribution in [0.2, 0.25) is 5.02 Å². The fourth-order valence-electron chi connectivity index (χ4n) is 1.09. The number of nitrogens with one attached hydrogen (secondary N) is 1. The van der Waals surface area contributed by atoms with Gasteiger partial charge in [0.1, 0.15) is 0 Å². The van der Waals surface area contributed by atoms with E-state index in [-0.39, 0.29) is 16.5 Å². The molecule has 1 rings (SSSR count). The Kier molecular flexibility index (Phi) is 4.59. The first-order valence-electron chi connectivity index (χ1n) is 4.78. The molecule has 0 unspecified atom stereocenters. The number of amides is 2. The van der Waals surface area contributed by atoms with Crippen LogP contribution in [0.4, 0.5) is 4.79 Å². The molecule has 0 aliphatic carbocycles. The standard InChI is InChI=1S/C10H12ClN3O3/c1-2-17-9-3-6(5-13-14-10(12)16)7(11)4-8(9)15/h3-5,15H,2H2,1H3,(H3,12,14,16)/b13-5+. The number of halogens is 1. The number of primary amides is 1. The van der Waals surface area contributed by atoms with E-state index in [2.05, 4.69) is 5.10 Å². The number of nitrogens with zero attached hydrogens (tertiary/aromatic N) is 1. The van der Waals surface area contributed by atoms with Crippen LogP contribution in [0.1, 0.15) is 12.5 Å². The lowest BCUT2D eigenvalue weighted by Gasteiger charge is -2.07. The highest BCUT2D eigenvalue weighted by molar-refractivity contribution is 6.33. The van der Waals surface area contributed by atoms with Crippen molar-refractivity contribution in [3.05, 3.63) is 22.7 Å². The molecule has 0 spiro atoms. The lowest BCUT2D eigenvalue weighted by molar-refractivity contribution is 0.249. The molecule has 1 aromatic rings. The Morgan fingerprint density at radius 2 is 2.41 bits per heavy atom. The average Bonchev–Trinajstić information content (AvgIpc) is 2.24. The van der Waals surface area contributed by atoms with Crippen molar-refractivity contribution in [1.29, 1.82) is 0 Å². The van der Waals surface area contributed by atoms with Crippen LogP contribution in [0.3, 0.4) is 0 Å². The minimum Gasteiger partial charge on any atom is -0.504 e. The molecule has 0 radical (unpaired) electrons. The molecule has 0 saturated carbocycles. The third-order valence-electron chi connectivity index (χ3n) is 1.76. The number of phenols is 1. The van der Waals surface area contributed by atoms with Gasteiger partial charge in [-0.25, -0.2) is 10.2 Å². The number of ether oxygens (including phenoxy) is 1. The highest BCUT2D eigenvalue weighted by atomic mass is 35.5. The van der Waals surface area contributed by atoms with Gasteiger partial charge in [-0.15, -0.1) is 0 Å². The number of phenolic OH excluding ortho intramolecular Hbond substituents is 1. The number of aromatic hydroxyl groups is 1. The van der Waals surface area contributed by atoms with Gasteiger partial charge in [-0.3, -0.25) is 0 Å². The first-order chi connectivity index (χ1) is 8.04. The number of hydrogen-bond donors (Lipinski definition) is 3. The van der Waals surface area contributed by atoms with Crippen LogP contribution < -0.4 is 15.9 Å². The lowest BCUT2D eigenvalue weighted by atomic mass is 10.2. The van der Waals surface area contributed by atoms with Crippen molar-refractivity contribution in [3.63, 3.8) is 0 Å². The van der Waals surface area contributed by atoms with E-state index in [0.717, 1.165) is 0 Å². The molecule has 0 heterocycles. The number of nitrogens with two attached hydrogens (primary N) is 1. The van der Waals surface area contributed by atoms with Gasteiger partial charge in [-0.1, -0.05) is 11.6 Å². The predicted molar refractivity (Wildman–Crippen MR) is 64.6 cm³/mol. The smallest absolute Gasteiger partial charge is 0.332 e. The Balaban J connectivity index is 2.94. The molecule has 0 atom stereocenters. The Morgan fingerprint density at radius 3 is 3.00 bits per heavy atom. The molecule has 4 N–H and O–H groups in total. The molecule has 0 aliphatic heterocycles. The molecule has 0 aliphatic rings. The fraction of sp³-hybridized carbons (Fsp3) is 0.200. The Labute approximate surface area is 103 Å². The van der Waals surface area contributed by atoms with E-state index in [1.165, 1.54) is 18.3 Å². The van der Waals surface area contributed by atoms with E-state index in [0.29, 0.717) is 12.2 Å². The van der Waals surface area contributed by atoms with Crippen LogP contribution in [0.5, 0.6) is 11.5 Å². The third kappa shape index (κ3) is 3.84. The quantitative estimate of drug-likeness (QED) is 0.562. The second-order valence-electron chi connectivity index (χ2n) is 3.01. The summed E-state index contributed by atoms with van der Waals surface area (Å²) in [6.07, 6.45) is 1.30. The number of hydrogen-bond acceptors (Lipinski definition) is 4. The maximum absolute atomic E-state index is 10.4. The fourth-order valence-corrected chi connectivity index (χ4v) is 1.30. The lowest BCUT2D eigenvalue weighted by Crippen LogP contribution is -2.24. The van der Waals surface area contributed by atoms with Crippen LogP contribution in [-0.2, 0) is 0 Å². The molecule has 1 aromatic carbocycles. The molecule has 2 amide bonds. The van der Waals surface area contributed by atoms with Gasteiger partial charge in [0.15, 0.2) is 11.5 Å². The summed E-state index contributed by atoms with van der Waals surface area (Å²) < 4.78 is 5.18. The number of carbonyl (C=O) groups is 1. The van der Waals surface area contributed by atoms with Gasteiger partial charge in [-0.2, -0.15) is 5.10 Å². The number of rotatable bonds is 4. The summed E-state index contributed by atoms with van der Waals surface area (Å²) in [5.74, 6) is 0.231. The van der Waals surface area contributed by atoms with E-state index in [9.17, 15) is 9.90 Å². The van der Waals surface area contributed by atoms with Crippen molar-refractivity contribution in [2.45, 2.75) is 6.92 Å². The van der Waals surface area contributed by atoms with Crippen LogP contribution >= 0.6 is 11.6 Å². The molecule has 92 valence electrons. The molecule has 0 fully saturated rings. The minimum atomic E-state index is -0.777. The molecule has 0 aromatic heterocycles. The highest BCUT2D eigenvalue weighted by Crippen LogP contribution is 2.31. The zero-order valence-corrected chi connectivity index (χ0v) is 9.86. The third-order valence-corrected chi connectivity index (χ3v) is 2.08. The molecule has 0 saturated heterocycles. The van der Waals surface area contributed by atoms with Gasteiger partial charge < -0.3 is 15.6 Å². The summed E-state index contributed by atoms with van der Waals surface area (Å²) in [5.41, 5.74) is 7.36. The highest BCUT2D eigenvalue weighted by Gasteiger charge is 2.07. The SMILES string of the molecule is CCOc1cc(/C=N/NC(N)=O)c(Cl)cc1O. The summed E-state index contributed by atoms with van der Waals surface area (Å²) in [6.45, 7) is 2.20. The minimum absolute atomic E-state index is 0.0585. The molecule has 6 nitrogen and oxygen atoms in total. The van der Waals surface area contributed by atoms with Gasteiger partial charge in [0.05, 0.1) is 17.8 Å². The Morgan fingerprint density at radius 1 is 1.71 bits per heavy atom. The molecular weight excluding hydrogens is 246 g/mol. The monoisotopic (exact) mass is 257 g/mol. The molecular formula is C10H12ClN3O3. The zero-order valence-electron chi connectivity index (χ0n) is 9.11. The number of hydrazone groups is 1. The topological polar surface area (TPSA) is 96.9 Å². The maximum Gasteiger partial charge on any atom is 0.332 e. The van der Waals surface area contributed by atoms with Crippen molar-refractivity contribution in [2.75, 3.05) is 6.61 Å². The molecule has 7 heteroatoms. The zero-order chi connectivity index (χ0) is 12.8. The van der Waals surface area contributed by atoms with Gasteiger partial charge in [0, 0.05) is 11.6 Å². The summed E-state index contributed by atoms with van der Waals surface area (Å²) in [5, 5.41) is 13.4. The van der Waals surface area contributed by atoms with E-state index >= 15 is 0 Å². The first-order valence-corrected chi connectivity index (χ1v) is 5.16. The van der Waals surface area contributed by atoms with Crippen molar-refractivity contribution in [1.82, 2.24) is 5.43 Å². The summed E-state index contributed by atoms with van der Waals surface area (Å²) in [7, 11) is 0. The molecule has 0 bridgehead atoms. The van der Waals surface area contributed by atoms with Crippen molar-refractivity contribution in [3.8, 4) is 11.5 Å². The Bertz CT molecular complexity index is 449. The maximum atomic E-state index is 10.4. The normalized spacial score (nSPS) is 10.5. The average molecular weight is 258 g/mol.